The van der Waals surface area contributed by atoms with Gasteiger partial charge in [0.15, 0.2) is 0 Å². The second kappa shape index (κ2) is 6.53. The second-order valence-electron chi connectivity index (χ2n) is 6.17. The van der Waals surface area contributed by atoms with Gasteiger partial charge < -0.3 is 4.52 Å². The monoisotopic (exact) mass is 323 g/mol. The van der Waals surface area contributed by atoms with E-state index in [4.69, 9.17) is 9.51 Å². The van der Waals surface area contributed by atoms with Crippen molar-refractivity contribution in [1.82, 2.24) is 15.0 Å². The third kappa shape index (κ3) is 3.21. The fourth-order valence-corrected chi connectivity index (χ4v) is 3.23. The summed E-state index contributed by atoms with van der Waals surface area (Å²) in [6, 6.07) is 14.4. The van der Waals surface area contributed by atoms with E-state index in [0.717, 1.165) is 48.7 Å². The lowest BCUT2D eigenvalue weighted by atomic mass is 10.1. The van der Waals surface area contributed by atoms with Crippen molar-refractivity contribution in [3.05, 3.63) is 72.0 Å². The van der Waals surface area contributed by atoms with Gasteiger partial charge in [0.25, 0.3) is 0 Å². The van der Waals surface area contributed by atoms with Crippen molar-refractivity contribution in [2.24, 2.45) is 0 Å². The van der Waals surface area contributed by atoms with E-state index in [1.54, 1.807) is 18.4 Å². The molecule has 3 heterocycles. The molecule has 0 aliphatic carbocycles. The van der Waals surface area contributed by atoms with Gasteiger partial charge in [0.05, 0.1) is 17.1 Å². The van der Waals surface area contributed by atoms with Gasteiger partial charge in [-0.05, 0) is 49.4 Å². The fraction of sp³-hybridized carbons (Fsp3) is 0.263. The predicted molar refractivity (Wildman–Crippen MR) is 88.8 cm³/mol. The molecular formula is C19H18FN3O. The van der Waals surface area contributed by atoms with Gasteiger partial charge in [-0.25, -0.2) is 4.39 Å². The highest BCUT2D eigenvalue weighted by atomic mass is 19.1. The maximum absolute atomic E-state index is 13.1. The van der Waals surface area contributed by atoms with Crippen LogP contribution in [-0.2, 0) is 6.54 Å². The first-order valence-electron chi connectivity index (χ1n) is 8.12. The summed E-state index contributed by atoms with van der Waals surface area (Å²) in [5.41, 5.74) is 3.86. The van der Waals surface area contributed by atoms with Crippen LogP contribution in [0, 0.1) is 5.82 Å². The smallest absolute Gasteiger partial charge is 0.124 e. The molecule has 1 fully saturated rings. The molecule has 4 rings (SSSR count). The van der Waals surface area contributed by atoms with Gasteiger partial charge in [0, 0.05) is 30.6 Å². The summed E-state index contributed by atoms with van der Waals surface area (Å²) in [5, 5.41) is 4.05. The van der Waals surface area contributed by atoms with E-state index in [-0.39, 0.29) is 5.82 Å². The number of nitrogens with zero attached hydrogens (tertiary/aromatic N) is 3. The quantitative estimate of drug-likeness (QED) is 0.731. The van der Waals surface area contributed by atoms with Gasteiger partial charge >= 0.3 is 0 Å². The van der Waals surface area contributed by atoms with Crippen molar-refractivity contribution in [3.63, 3.8) is 0 Å². The number of pyridine rings is 1. The van der Waals surface area contributed by atoms with Gasteiger partial charge in [-0.15, -0.1) is 0 Å². The normalized spacial score (nSPS) is 18.1. The number of likely N-dealkylation sites (tertiary alicyclic amines) is 1. The Morgan fingerprint density at radius 3 is 2.79 bits per heavy atom. The fourth-order valence-electron chi connectivity index (χ4n) is 3.23. The minimum Gasteiger partial charge on any atom is -0.365 e. The zero-order chi connectivity index (χ0) is 16.4. The summed E-state index contributed by atoms with van der Waals surface area (Å²) in [7, 11) is 0. The molecule has 2 aromatic heterocycles. The summed E-state index contributed by atoms with van der Waals surface area (Å²) in [6.07, 6.45) is 2.72. The molecule has 0 amide bonds. The summed E-state index contributed by atoms with van der Waals surface area (Å²) < 4.78 is 18.0. The van der Waals surface area contributed by atoms with Crippen LogP contribution in [-0.4, -0.2) is 28.1 Å². The van der Waals surface area contributed by atoms with Crippen LogP contribution in [0.25, 0.3) is 11.3 Å². The average molecular weight is 323 g/mol. The van der Waals surface area contributed by atoms with Crippen LogP contribution >= 0.6 is 0 Å². The molecule has 1 aromatic carbocycles. The topological polar surface area (TPSA) is 42.2 Å². The van der Waals surface area contributed by atoms with Crippen molar-refractivity contribution < 1.29 is 8.91 Å². The molecule has 1 aliphatic heterocycles. The Hall–Kier alpha value is -2.53. The summed E-state index contributed by atoms with van der Waals surface area (Å²) >= 11 is 0. The first-order valence-corrected chi connectivity index (χ1v) is 8.12. The molecule has 0 spiro atoms. The third-order valence-electron chi connectivity index (χ3n) is 4.48. The van der Waals surface area contributed by atoms with Gasteiger partial charge in [0.2, 0.25) is 0 Å². The first kappa shape index (κ1) is 15.0. The summed E-state index contributed by atoms with van der Waals surface area (Å²) in [6.45, 7) is 2.80. The Bertz CT molecular complexity index is 802. The molecule has 0 radical (unpaired) electrons. The Balaban J connectivity index is 1.46. The first-order chi connectivity index (χ1) is 11.8. The van der Waals surface area contributed by atoms with E-state index < -0.39 is 0 Å². The van der Waals surface area contributed by atoms with Crippen LogP contribution in [0.3, 0.4) is 0 Å². The average Bonchev–Trinajstić information content (AvgIpc) is 3.27. The number of rotatable bonds is 4. The Kier molecular flexibility index (Phi) is 4.09. The molecule has 0 bridgehead atoms. The number of hydrogen-bond acceptors (Lipinski definition) is 4. The van der Waals surface area contributed by atoms with Crippen LogP contribution < -0.4 is 0 Å². The number of benzene rings is 1. The summed E-state index contributed by atoms with van der Waals surface area (Å²) in [4.78, 5) is 7.11. The van der Waals surface area contributed by atoms with Crippen molar-refractivity contribution in [3.8, 4) is 11.3 Å². The van der Waals surface area contributed by atoms with E-state index in [9.17, 15) is 4.39 Å². The summed E-state index contributed by atoms with van der Waals surface area (Å²) in [5.74, 6) is 0.204. The Labute approximate surface area is 139 Å². The highest BCUT2D eigenvalue weighted by Crippen LogP contribution is 2.27. The zero-order valence-corrected chi connectivity index (χ0v) is 13.2. The highest BCUT2D eigenvalue weighted by Gasteiger charge is 2.25. The zero-order valence-electron chi connectivity index (χ0n) is 13.2. The lowest BCUT2D eigenvalue weighted by Gasteiger charge is -2.15. The van der Waals surface area contributed by atoms with Gasteiger partial charge in [-0.2, -0.15) is 0 Å². The number of hydrogen-bond donors (Lipinski definition) is 0. The van der Waals surface area contributed by atoms with Crippen LogP contribution in [0.1, 0.15) is 23.7 Å². The molecule has 5 heteroatoms. The lowest BCUT2D eigenvalue weighted by molar-refractivity contribution is 0.320. The van der Waals surface area contributed by atoms with Crippen molar-refractivity contribution >= 4 is 0 Å². The molecule has 1 unspecified atom stereocenters. The Morgan fingerprint density at radius 1 is 1.12 bits per heavy atom. The molecule has 0 N–H and O–H groups in total. The maximum Gasteiger partial charge on any atom is 0.124 e. The van der Waals surface area contributed by atoms with E-state index in [1.807, 2.05) is 24.3 Å². The largest absolute Gasteiger partial charge is 0.365 e. The van der Waals surface area contributed by atoms with Crippen LogP contribution in [0.2, 0.25) is 0 Å². The van der Waals surface area contributed by atoms with Crippen molar-refractivity contribution in [2.75, 3.05) is 13.1 Å². The molecular weight excluding hydrogens is 305 g/mol. The predicted octanol–water partition coefficient (Wildman–Crippen LogP) is 3.87. The van der Waals surface area contributed by atoms with Crippen molar-refractivity contribution in [2.45, 2.75) is 18.9 Å². The SMILES string of the molecule is Fc1ccc(-c2cccc(CN3CCC(c4ccon4)C3)n2)cc1. The minimum absolute atomic E-state index is 0.231. The molecule has 4 nitrogen and oxygen atoms in total. The second-order valence-corrected chi connectivity index (χ2v) is 6.17. The Morgan fingerprint density at radius 2 is 2.00 bits per heavy atom. The van der Waals surface area contributed by atoms with Crippen LogP contribution in [0.4, 0.5) is 4.39 Å². The molecule has 24 heavy (non-hydrogen) atoms. The molecule has 1 atom stereocenters. The number of aromatic nitrogens is 2. The van der Waals surface area contributed by atoms with E-state index in [2.05, 4.69) is 10.1 Å². The van der Waals surface area contributed by atoms with E-state index in [1.165, 1.54) is 12.1 Å². The minimum atomic E-state index is -0.231. The third-order valence-corrected chi connectivity index (χ3v) is 4.48. The maximum atomic E-state index is 13.1. The molecule has 3 aromatic rings. The van der Waals surface area contributed by atoms with Gasteiger partial charge in [-0.3, -0.25) is 9.88 Å². The van der Waals surface area contributed by atoms with E-state index in [0.29, 0.717) is 5.92 Å². The molecule has 1 saturated heterocycles. The molecule has 122 valence electrons. The lowest BCUT2D eigenvalue weighted by Crippen LogP contribution is -2.20. The van der Waals surface area contributed by atoms with Crippen molar-refractivity contribution in [1.29, 1.82) is 0 Å². The molecule has 1 aliphatic rings. The van der Waals surface area contributed by atoms with Crippen LogP contribution in [0.5, 0.6) is 0 Å². The standard InChI is InChI=1S/C19H18FN3O/c20-16-6-4-14(5-7-16)18-3-1-2-17(21-18)13-23-10-8-15(12-23)19-9-11-24-22-19/h1-7,9,11,15H,8,10,12-13H2. The number of halogens is 1. The van der Waals surface area contributed by atoms with Gasteiger partial charge in [-0.1, -0.05) is 11.2 Å². The molecule has 0 saturated carbocycles. The van der Waals surface area contributed by atoms with Gasteiger partial charge in [0.1, 0.15) is 12.1 Å². The van der Waals surface area contributed by atoms with Crippen LogP contribution in [0.15, 0.2) is 59.3 Å². The van der Waals surface area contributed by atoms with E-state index >= 15 is 0 Å². The highest BCUT2D eigenvalue weighted by molar-refractivity contribution is 5.58.